The van der Waals surface area contributed by atoms with E-state index in [2.05, 4.69) is 10.5 Å². The first kappa shape index (κ1) is 15.7. The first-order valence-corrected chi connectivity index (χ1v) is 7.43. The molecule has 0 spiro atoms. The molecule has 2 N–H and O–H groups in total. The van der Waals surface area contributed by atoms with Gasteiger partial charge in [0.05, 0.1) is 12.0 Å². The summed E-state index contributed by atoms with van der Waals surface area (Å²) >= 11 is 0. The number of amides is 1. The number of rotatable bonds is 4. The van der Waals surface area contributed by atoms with Crippen LogP contribution < -0.4 is 5.32 Å². The van der Waals surface area contributed by atoms with Gasteiger partial charge in [-0.05, 0) is 61.4 Å². The average Bonchev–Trinajstić information content (AvgIpc) is 2.90. The van der Waals surface area contributed by atoms with Crippen molar-refractivity contribution < 1.29 is 19.2 Å². The Morgan fingerprint density at radius 3 is 2.46 bits per heavy atom. The van der Waals surface area contributed by atoms with Crippen LogP contribution in [0.3, 0.4) is 0 Å². The third kappa shape index (κ3) is 3.12. The van der Waals surface area contributed by atoms with Crippen LogP contribution in [0.15, 0.2) is 40.9 Å². The summed E-state index contributed by atoms with van der Waals surface area (Å²) in [5.41, 5.74) is 4.15. The zero-order chi connectivity index (χ0) is 17.3. The number of carbonyl (C=O) groups is 2. The van der Waals surface area contributed by atoms with Crippen molar-refractivity contribution in [2.45, 2.75) is 20.3 Å². The Balaban J connectivity index is 1.75. The molecule has 24 heavy (non-hydrogen) atoms. The van der Waals surface area contributed by atoms with Crippen LogP contribution in [-0.2, 0) is 11.2 Å². The van der Waals surface area contributed by atoms with E-state index in [0.29, 0.717) is 17.0 Å². The van der Waals surface area contributed by atoms with Crippen LogP contribution in [-0.4, -0.2) is 22.1 Å². The van der Waals surface area contributed by atoms with Gasteiger partial charge in [0.25, 0.3) is 0 Å². The highest BCUT2D eigenvalue weighted by Crippen LogP contribution is 2.23. The van der Waals surface area contributed by atoms with E-state index in [4.69, 9.17) is 9.63 Å². The molecule has 6 heteroatoms. The third-order valence-electron chi connectivity index (χ3n) is 3.90. The second-order valence-corrected chi connectivity index (χ2v) is 5.67. The molecular weight excluding hydrogens is 308 g/mol. The fourth-order valence-corrected chi connectivity index (χ4v) is 2.43. The summed E-state index contributed by atoms with van der Waals surface area (Å²) in [6.07, 6.45) is 0.0795. The molecule has 0 fully saturated rings. The topological polar surface area (TPSA) is 92.4 Å². The van der Waals surface area contributed by atoms with Gasteiger partial charge in [-0.1, -0.05) is 5.16 Å². The highest BCUT2D eigenvalue weighted by atomic mass is 16.5. The lowest BCUT2D eigenvalue weighted by molar-refractivity contribution is -0.115. The Labute approximate surface area is 138 Å². The number of hydrogen-bond donors (Lipinski definition) is 2. The highest BCUT2D eigenvalue weighted by Gasteiger charge is 2.14. The maximum atomic E-state index is 12.2. The fraction of sp³-hybridized carbons (Fsp3) is 0.167. The Morgan fingerprint density at radius 1 is 1.12 bits per heavy atom. The van der Waals surface area contributed by atoms with Crippen LogP contribution in [0.1, 0.15) is 27.2 Å². The monoisotopic (exact) mass is 324 g/mol. The maximum absolute atomic E-state index is 12.2. The lowest BCUT2D eigenvalue weighted by atomic mass is 10.1. The van der Waals surface area contributed by atoms with Gasteiger partial charge in [0.2, 0.25) is 5.91 Å². The van der Waals surface area contributed by atoms with E-state index in [1.165, 1.54) is 12.1 Å². The molecule has 0 saturated carbocycles. The number of hydrogen-bond acceptors (Lipinski definition) is 4. The molecule has 1 heterocycles. The van der Waals surface area contributed by atoms with E-state index >= 15 is 0 Å². The first-order chi connectivity index (χ1) is 11.4. The lowest BCUT2D eigenvalue weighted by Gasteiger charge is -2.04. The molecule has 122 valence electrons. The number of fused-ring (bicyclic) bond motifs is 1. The van der Waals surface area contributed by atoms with Gasteiger partial charge >= 0.3 is 5.97 Å². The van der Waals surface area contributed by atoms with E-state index in [-0.39, 0.29) is 17.9 Å². The van der Waals surface area contributed by atoms with Crippen LogP contribution in [0.4, 0.5) is 5.69 Å². The van der Waals surface area contributed by atoms with Gasteiger partial charge in [-0.3, -0.25) is 4.79 Å². The minimum Gasteiger partial charge on any atom is -0.478 e. The number of aromatic nitrogens is 1. The number of carbonyl (C=O) groups excluding carboxylic acids is 1. The molecule has 0 unspecified atom stereocenters. The number of carboxylic acid groups (broad SMARTS) is 1. The zero-order valence-corrected chi connectivity index (χ0v) is 13.3. The van der Waals surface area contributed by atoms with Crippen molar-refractivity contribution in [3.05, 3.63) is 58.8 Å². The van der Waals surface area contributed by atoms with Gasteiger partial charge in [0.15, 0.2) is 5.58 Å². The predicted molar refractivity (Wildman–Crippen MR) is 89.2 cm³/mol. The van der Waals surface area contributed by atoms with E-state index < -0.39 is 5.97 Å². The second-order valence-electron chi connectivity index (χ2n) is 5.67. The van der Waals surface area contributed by atoms with Crippen molar-refractivity contribution in [2.24, 2.45) is 0 Å². The van der Waals surface area contributed by atoms with Crippen LogP contribution >= 0.6 is 0 Å². The van der Waals surface area contributed by atoms with E-state index in [0.717, 1.165) is 16.5 Å². The minimum absolute atomic E-state index is 0.0795. The van der Waals surface area contributed by atoms with Crippen molar-refractivity contribution in [3.63, 3.8) is 0 Å². The Hall–Kier alpha value is -3.15. The van der Waals surface area contributed by atoms with Crippen molar-refractivity contribution in [1.29, 1.82) is 0 Å². The molecule has 0 aliphatic heterocycles. The van der Waals surface area contributed by atoms with Gasteiger partial charge in [-0.15, -0.1) is 0 Å². The number of nitrogens with one attached hydrogen (secondary N) is 1. The number of anilines is 1. The summed E-state index contributed by atoms with van der Waals surface area (Å²) in [5, 5.41) is 16.4. The summed E-state index contributed by atoms with van der Waals surface area (Å²) in [7, 11) is 0. The van der Waals surface area contributed by atoms with Crippen molar-refractivity contribution in [1.82, 2.24) is 5.16 Å². The number of carboxylic acids is 1. The number of aromatic carboxylic acids is 1. The van der Waals surface area contributed by atoms with Gasteiger partial charge < -0.3 is 14.9 Å². The molecule has 3 rings (SSSR count). The third-order valence-corrected chi connectivity index (χ3v) is 3.90. The van der Waals surface area contributed by atoms with E-state index in [1.807, 2.05) is 26.0 Å². The van der Waals surface area contributed by atoms with Crippen molar-refractivity contribution in [2.75, 3.05) is 5.32 Å². The second kappa shape index (κ2) is 6.16. The molecule has 0 saturated heterocycles. The Morgan fingerprint density at radius 2 is 1.79 bits per heavy atom. The van der Waals surface area contributed by atoms with Gasteiger partial charge in [0, 0.05) is 11.1 Å². The molecule has 0 aliphatic rings. The largest absolute Gasteiger partial charge is 0.478 e. The molecule has 3 aromatic rings. The van der Waals surface area contributed by atoms with Crippen molar-refractivity contribution in [3.8, 4) is 0 Å². The lowest BCUT2D eigenvalue weighted by Crippen LogP contribution is -2.14. The highest BCUT2D eigenvalue weighted by molar-refractivity contribution is 5.95. The summed E-state index contributed by atoms with van der Waals surface area (Å²) in [6, 6.07) is 9.85. The molecule has 6 nitrogen and oxygen atoms in total. The standard InChI is InChI=1S/C18H16N2O4/c1-10-7-14-15(20-24-16(14)8-11(10)2)9-17(21)19-13-5-3-12(4-6-13)18(22)23/h3-8H,9H2,1-2H3,(H,19,21)(H,22,23). The number of nitrogens with zero attached hydrogens (tertiary/aromatic N) is 1. The molecule has 1 amide bonds. The zero-order valence-electron chi connectivity index (χ0n) is 13.3. The summed E-state index contributed by atoms with van der Waals surface area (Å²) < 4.78 is 5.28. The van der Waals surface area contributed by atoms with Crippen molar-refractivity contribution >= 4 is 28.5 Å². The molecule has 1 aromatic heterocycles. The summed E-state index contributed by atoms with van der Waals surface area (Å²) in [5.74, 6) is -1.25. The molecule has 2 aromatic carbocycles. The maximum Gasteiger partial charge on any atom is 0.335 e. The normalized spacial score (nSPS) is 10.8. The Bertz CT molecular complexity index is 926. The first-order valence-electron chi connectivity index (χ1n) is 7.43. The fourth-order valence-electron chi connectivity index (χ4n) is 2.43. The van der Waals surface area contributed by atoms with E-state index in [1.54, 1.807) is 12.1 Å². The van der Waals surface area contributed by atoms with Gasteiger partial charge in [-0.25, -0.2) is 4.79 Å². The minimum atomic E-state index is -1.01. The van der Waals surface area contributed by atoms with Crippen LogP contribution in [0.2, 0.25) is 0 Å². The molecular formula is C18H16N2O4. The van der Waals surface area contributed by atoms with Gasteiger partial charge in [-0.2, -0.15) is 0 Å². The van der Waals surface area contributed by atoms with Crippen LogP contribution in [0.5, 0.6) is 0 Å². The predicted octanol–water partition coefficient (Wildman–Crippen LogP) is 3.32. The average molecular weight is 324 g/mol. The summed E-state index contributed by atoms with van der Waals surface area (Å²) in [4.78, 5) is 23.0. The number of aryl methyl sites for hydroxylation is 2. The number of benzene rings is 2. The molecule has 0 bridgehead atoms. The van der Waals surface area contributed by atoms with E-state index in [9.17, 15) is 9.59 Å². The summed E-state index contributed by atoms with van der Waals surface area (Å²) in [6.45, 7) is 3.99. The smallest absolute Gasteiger partial charge is 0.335 e. The molecule has 0 atom stereocenters. The van der Waals surface area contributed by atoms with Gasteiger partial charge in [0.1, 0.15) is 5.69 Å². The SMILES string of the molecule is Cc1cc2onc(CC(=O)Nc3ccc(C(=O)O)cc3)c2cc1C. The molecule has 0 radical (unpaired) electrons. The molecule has 0 aliphatic carbocycles. The van der Waals surface area contributed by atoms with Crippen LogP contribution in [0.25, 0.3) is 11.0 Å². The quantitative estimate of drug-likeness (QED) is 0.768. The Kier molecular flexibility index (Phi) is 4.04. The van der Waals surface area contributed by atoms with Crippen LogP contribution in [0, 0.1) is 13.8 Å².